The summed E-state index contributed by atoms with van der Waals surface area (Å²) in [7, 11) is 0. The second-order valence-electron chi connectivity index (χ2n) is 4.33. The number of ether oxygens (including phenoxy) is 1. The molecule has 0 bridgehead atoms. The number of rotatable bonds is 7. The van der Waals surface area contributed by atoms with E-state index in [2.05, 4.69) is 5.32 Å². The molecule has 9 heteroatoms. The van der Waals surface area contributed by atoms with Crippen LogP contribution in [0.4, 0.5) is 4.79 Å². The highest BCUT2D eigenvalue weighted by atomic mass is 35.5. The van der Waals surface area contributed by atoms with Gasteiger partial charge < -0.3 is 10.1 Å². The average Bonchev–Trinajstić information content (AvgIpc) is 2.51. The molecule has 0 aliphatic rings. The van der Waals surface area contributed by atoms with Gasteiger partial charge in [0.1, 0.15) is 0 Å². The zero-order valence-corrected chi connectivity index (χ0v) is 14.7. The highest BCUT2D eigenvalue weighted by Crippen LogP contribution is 2.29. The third kappa shape index (κ3) is 8.11. The van der Waals surface area contributed by atoms with Crippen molar-refractivity contribution < 1.29 is 19.1 Å². The summed E-state index contributed by atoms with van der Waals surface area (Å²) in [4.78, 5) is 34.8. The van der Waals surface area contributed by atoms with E-state index in [1.54, 1.807) is 18.2 Å². The van der Waals surface area contributed by atoms with Gasteiger partial charge in [-0.3, -0.25) is 14.9 Å². The Labute approximate surface area is 148 Å². The Bertz CT molecular complexity index is 584. The predicted octanol–water partition coefficient (Wildman–Crippen LogP) is 2.86. The van der Waals surface area contributed by atoms with Gasteiger partial charge in [0, 0.05) is 16.5 Å². The molecular weight excluding hydrogens is 363 g/mol. The summed E-state index contributed by atoms with van der Waals surface area (Å²) in [5.41, 5.74) is 0. The Morgan fingerprint density at radius 2 is 2.00 bits per heavy atom. The van der Waals surface area contributed by atoms with Crippen LogP contribution in [0.25, 0.3) is 0 Å². The Balaban J connectivity index is 2.30. The lowest BCUT2D eigenvalue weighted by Crippen LogP contribution is -2.41. The molecule has 1 aromatic rings. The number of halogens is 2. The van der Waals surface area contributed by atoms with Crippen molar-refractivity contribution >= 4 is 52.9 Å². The minimum Gasteiger partial charge on any atom is -0.455 e. The van der Waals surface area contributed by atoms with E-state index in [0.717, 1.165) is 18.2 Å². The van der Waals surface area contributed by atoms with Crippen LogP contribution >= 0.6 is 35.0 Å². The summed E-state index contributed by atoms with van der Waals surface area (Å²) in [6, 6.07) is 4.28. The number of esters is 1. The fourth-order valence-electron chi connectivity index (χ4n) is 1.36. The van der Waals surface area contributed by atoms with E-state index >= 15 is 0 Å². The van der Waals surface area contributed by atoms with E-state index < -0.39 is 24.5 Å². The van der Waals surface area contributed by atoms with Crippen LogP contribution in [0.15, 0.2) is 23.1 Å². The maximum atomic E-state index is 11.6. The van der Waals surface area contributed by atoms with Crippen LogP contribution in [-0.2, 0) is 14.3 Å². The molecule has 1 aromatic carbocycles. The van der Waals surface area contributed by atoms with Crippen molar-refractivity contribution in [1.82, 2.24) is 10.6 Å². The number of benzene rings is 1. The minimum absolute atomic E-state index is 0.0324. The monoisotopic (exact) mass is 378 g/mol. The Kier molecular flexibility index (Phi) is 8.83. The molecule has 0 aromatic heterocycles. The normalized spacial score (nSPS) is 10.0. The third-order valence-electron chi connectivity index (χ3n) is 2.39. The van der Waals surface area contributed by atoms with Gasteiger partial charge in [0.2, 0.25) is 0 Å². The van der Waals surface area contributed by atoms with Gasteiger partial charge in [-0.1, -0.05) is 30.1 Å². The molecule has 0 aliphatic heterocycles. The summed E-state index contributed by atoms with van der Waals surface area (Å²) in [6.45, 7) is 1.81. The van der Waals surface area contributed by atoms with E-state index in [9.17, 15) is 14.4 Å². The molecule has 3 amide bonds. The fourth-order valence-corrected chi connectivity index (χ4v) is 2.65. The number of urea groups is 1. The van der Waals surface area contributed by atoms with Gasteiger partial charge in [0.25, 0.3) is 5.91 Å². The van der Waals surface area contributed by atoms with Gasteiger partial charge in [-0.2, -0.15) is 0 Å². The summed E-state index contributed by atoms with van der Waals surface area (Å²) < 4.78 is 4.77. The number of imide groups is 1. The summed E-state index contributed by atoms with van der Waals surface area (Å²) in [5.74, 6) is -1.33. The molecular formula is C14H16Cl2N2O4S. The van der Waals surface area contributed by atoms with E-state index in [1.165, 1.54) is 0 Å². The van der Waals surface area contributed by atoms with Crippen LogP contribution in [0.5, 0.6) is 0 Å². The highest BCUT2D eigenvalue weighted by molar-refractivity contribution is 8.00. The van der Waals surface area contributed by atoms with Crippen LogP contribution in [0.1, 0.15) is 13.3 Å². The molecule has 0 atom stereocenters. The second-order valence-corrected chi connectivity index (χ2v) is 6.19. The Hall–Kier alpha value is -1.44. The van der Waals surface area contributed by atoms with Crippen LogP contribution in [0.2, 0.25) is 10.0 Å². The van der Waals surface area contributed by atoms with Gasteiger partial charge in [-0.15, -0.1) is 11.8 Å². The quantitative estimate of drug-likeness (QED) is 0.562. The predicted molar refractivity (Wildman–Crippen MR) is 90.0 cm³/mol. The highest BCUT2D eigenvalue weighted by Gasteiger charge is 2.12. The molecule has 0 saturated carbocycles. The minimum atomic E-state index is -0.697. The lowest BCUT2D eigenvalue weighted by Gasteiger charge is -2.07. The van der Waals surface area contributed by atoms with Gasteiger partial charge in [-0.25, -0.2) is 4.79 Å². The van der Waals surface area contributed by atoms with Crippen molar-refractivity contribution in [2.75, 3.05) is 18.9 Å². The largest absolute Gasteiger partial charge is 0.455 e. The molecule has 0 spiro atoms. The molecule has 0 heterocycles. The number of amides is 3. The first kappa shape index (κ1) is 19.6. The van der Waals surface area contributed by atoms with E-state index in [0.29, 0.717) is 21.5 Å². The Morgan fingerprint density at radius 1 is 1.26 bits per heavy atom. The standard InChI is InChI=1S/C14H16Cl2N2O4S/c1-2-5-17-14(21)18-12(19)7-22-13(20)8-23-11-6-9(15)3-4-10(11)16/h3-4,6H,2,5,7-8H2,1H3,(H2,17,18,19,21). The average molecular weight is 379 g/mol. The van der Waals surface area contributed by atoms with Crippen molar-refractivity contribution in [3.63, 3.8) is 0 Å². The van der Waals surface area contributed by atoms with Crippen molar-refractivity contribution in [3.8, 4) is 0 Å². The number of thioether (sulfide) groups is 1. The molecule has 0 aliphatic carbocycles. The topological polar surface area (TPSA) is 84.5 Å². The maximum absolute atomic E-state index is 11.6. The molecule has 2 N–H and O–H groups in total. The fraction of sp³-hybridized carbons (Fsp3) is 0.357. The molecule has 0 radical (unpaired) electrons. The van der Waals surface area contributed by atoms with E-state index in [1.807, 2.05) is 12.2 Å². The number of hydrogen-bond donors (Lipinski definition) is 2. The van der Waals surface area contributed by atoms with Crippen LogP contribution in [-0.4, -0.2) is 36.8 Å². The molecule has 6 nitrogen and oxygen atoms in total. The molecule has 0 saturated heterocycles. The Morgan fingerprint density at radius 3 is 2.70 bits per heavy atom. The van der Waals surface area contributed by atoms with Crippen molar-refractivity contribution in [2.24, 2.45) is 0 Å². The zero-order chi connectivity index (χ0) is 17.2. The summed E-state index contributed by atoms with van der Waals surface area (Å²) in [5, 5.41) is 5.49. The lowest BCUT2D eigenvalue weighted by atomic mass is 10.4. The maximum Gasteiger partial charge on any atom is 0.321 e. The SMILES string of the molecule is CCCNC(=O)NC(=O)COC(=O)CSc1cc(Cl)ccc1Cl. The van der Waals surface area contributed by atoms with Crippen LogP contribution in [0.3, 0.4) is 0 Å². The van der Waals surface area contributed by atoms with Gasteiger partial charge in [0.05, 0.1) is 10.8 Å². The molecule has 126 valence electrons. The number of carbonyl (C=O) groups is 3. The first-order valence-electron chi connectivity index (χ1n) is 6.73. The number of nitrogens with one attached hydrogen (secondary N) is 2. The zero-order valence-electron chi connectivity index (χ0n) is 12.4. The second kappa shape index (κ2) is 10.4. The molecule has 23 heavy (non-hydrogen) atoms. The van der Waals surface area contributed by atoms with E-state index in [4.69, 9.17) is 27.9 Å². The molecule has 1 rings (SSSR count). The van der Waals surface area contributed by atoms with Crippen molar-refractivity contribution in [2.45, 2.75) is 18.2 Å². The summed E-state index contributed by atoms with van der Waals surface area (Å²) in [6.07, 6.45) is 0.750. The first-order chi connectivity index (χ1) is 10.9. The lowest BCUT2D eigenvalue weighted by molar-refractivity contribution is -0.145. The molecule has 0 fully saturated rings. The smallest absolute Gasteiger partial charge is 0.321 e. The number of carbonyl (C=O) groups excluding carboxylic acids is 3. The van der Waals surface area contributed by atoms with Crippen LogP contribution < -0.4 is 10.6 Å². The van der Waals surface area contributed by atoms with Crippen molar-refractivity contribution in [3.05, 3.63) is 28.2 Å². The van der Waals surface area contributed by atoms with Gasteiger partial charge in [-0.05, 0) is 24.6 Å². The van der Waals surface area contributed by atoms with Crippen molar-refractivity contribution in [1.29, 1.82) is 0 Å². The first-order valence-corrected chi connectivity index (χ1v) is 8.47. The van der Waals surface area contributed by atoms with E-state index in [-0.39, 0.29) is 5.75 Å². The van der Waals surface area contributed by atoms with Gasteiger partial charge in [0.15, 0.2) is 6.61 Å². The van der Waals surface area contributed by atoms with Crippen LogP contribution in [0, 0.1) is 0 Å². The third-order valence-corrected chi connectivity index (χ3v) is 4.10. The van der Waals surface area contributed by atoms with Gasteiger partial charge >= 0.3 is 12.0 Å². The molecule has 0 unspecified atom stereocenters. The number of hydrogen-bond acceptors (Lipinski definition) is 5. The summed E-state index contributed by atoms with van der Waals surface area (Å²) >= 11 is 13.0.